The second kappa shape index (κ2) is 10.2. The standard InChI is InChI=1S/C19H24ClFN4O5S/c1-12-15(8-13-4-5-18(16(20)9-13)31(29,30)24(2)3)17(11-26)25(23-12)10-14(21)6-7-22-19(27)28/h4-6,9,22,26H,7-8,10-11H2,1-3H3,(H,27,28)/b14-6-. The Balaban J connectivity index is 2.28. The van der Waals surface area contributed by atoms with Crippen molar-refractivity contribution < 1.29 is 27.8 Å². The SMILES string of the molecule is Cc1nn(C/C(F)=C/CNC(=O)O)c(CO)c1Cc1ccc(S(=O)(=O)N(C)C)c(Cl)c1. The van der Waals surface area contributed by atoms with Crippen LogP contribution in [-0.2, 0) is 29.6 Å². The van der Waals surface area contributed by atoms with E-state index in [-0.39, 0.29) is 23.0 Å². The number of aliphatic hydroxyl groups is 1. The zero-order valence-corrected chi connectivity index (χ0v) is 18.8. The molecule has 0 aliphatic rings. The van der Waals surface area contributed by atoms with Crippen LogP contribution in [0.5, 0.6) is 0 Å². The molecule has 0 aliphatic carbocycles. The predicted octanol–water partition coefficient (Wildman–Crippen LogP) is 2.30. The van der Waals surface area contributed by atoms with Gasteiger partial charge in [0.05, 0.1) is 29.6 Å². The first kappa shape index (κ1) is 24.8. The Hall–Kier alpha value is -2.47. The third-order valence-electron chi connectivity index (χ3n) is 4.53. The lowest BCUT2D eigenvalue weighted by molar-refractivity contribution is 0.195. The number of nitrogens with zero attached hydrogens (tertiary/aromatic N) is 3. The van der Waals surface area contributed by atoms with Gasteiger partial charge >= 0.3 is 6.09 Å². The molecule has 0 atom stereocenters. The minimum absolute atomic E-state index is 0.0140. The second-order valence-electron chi connectivity index (χ2n) is 6.89. The summed E-state index contributed by atoms with van der Waals surface area (Å²) < 4.78 is 41.1. The molecule has 0 radical (unpaired) electrons. The van der Waals surface area contributed by atoms with E-state index in [4.69, 9.17) is 16.7 Å². The second-order valence-corrected chi connectivity index (χ2v) is 9.42. The lowest BCUT2D eigenvalue weighted by atomic mass is 10.0. The first-order valence-electron chi connectivity index (χ1n) is 9.15. The van der Waals surface area contributed by atoms with Crippen LogP contribution in [0.4, 0.5) is 9.18 Å². The number of aromatic nitrogens is 2. The number of carbonyl (C=O) groups is 1. The Morgan fingerprint density at radius 1 is 1.39 bits per heavy atom. The van der Waals surface area contributed by atoms with Crippen LogP contribution in [0.1, 0.15) is 22.5 Å². The molecule has 0 saturated heterocycles. The Morgan fingerprint density at radius 2 is 2.06 bits per heavy atom. The summed E-state index contributed by atoms with van der Waals surface area (Å²) in [6.45, 7) is 0.866. The first-order chi connectivity index (χ1) is 14.5. The lowest BCUT2D eigenvalue weighted by Gasteiger charge is -2.13. The van der Waals surface area contributed by atoms with E-state index in [1.54, 1.807) is 13.0 Å². The highest BCUT2D eigenvalue weighted by Gasteiger charge is 2.22. The molecule has 12 heteroatoms. The zero-order chi connectivity index (χ0) is 23.3. The number of allylic oxidation sites excluding steroid dienone is 1. The lowest BCUT2D eigenvalue weighted by Crippen LogP contribution is -2.22. The first-order valence-corrected chi connectivity index (χ1v) is 11.0. The molecule has 9 nitrogen and oxygen atoms in total. The highest BCUT2D eigenvalue weighted by Crippen LogP contribution is 2.27. The van der Waals surface area contributed by atoms with Crippen LogP contribution in [0.2, 0.25) is 5.02 Å². The molecule has 170 valence electrons. The number of aliphatic hydroxyl groups excluding tert-OH is 1. The summed E-state index contributed by atoms with van der Waals surface area (Å²) in [5.74, 6) is -0.612. The molecule has 0 unspecified atom stereocenters. The van der Waals surface area contributed by atoms with Crippen molar-refractivity contribution in [3.8, 4) is 0 Å². The van der Waals surface area contributed by atoms with E-state index in [9.17, 15) is 22.7 Å². The number of aryl methyl sites for hydroxylation is 1. The van der Waals surface area contributed by atoms with Crippen molar-refractivity contribution >= 4 is 27.7 Å². The summed E-state index contributed by atoms with van der Waals surface area (Å²) >= 11 is 6.20. The molecule has 0 saturated carbocycles. The van der Waals surface area contributed by atoms with Gasteiger partial charge in [-0.15, -0.1) is 0 Å². The molecule has 2 aromatic rings. The number of sulfonamides is 1. The van der Waals surface area contributed by atoms with E-state index in [0.717, 1.165) is 10.4 Å². The van der Waals surface area contributed by atoms with E-state index >= 15 is 0 Å². The molecular weight excluding hydrogens is 451 g/mol. The molecule has 1 aromatic carbocycles. The third kappa shape index (κ3) is 6.03. The van der Waals surface area contributed by atoms with Gasteiger partial charge in [-0.2, -0.15) is 5.10 Å². The minimum Gasteiger partial charge on any atom is -0.465 e. The number of amides is 1. The summed E-state index contributed by atoms with van der Waals surface area (Å²) in [4.78, 5) is 10.4. The smallest absolute Gasteiger partial charge is 0.404 e. The van der Waals surface area contributed by atoms with E-state index in [1.807, 2.05) is 5.32 Å². The molecule has 1 amide bonds. The van der Waals surface area contributed by atoms with Crippen molar-refractivity contribution in [2.24, 2.45) is 0 Å². The van der Waals surface area contributed by atoms with Gasteiger partial charge in [0.15, 0.2) is 0 Å². The average molecular weight is 475 g/mol. The maximum absolute atomic E-state index is 14.1. The molecule has 1 heterocycles. The molecule has 0 aliphatic heterocycles. The summed E-state index contributed by atoms with van der Waals surface area (Å²) in [7, 11) is -0.860. The van der Waals surface area contributed by atoms with E-state index in [0.29, 0.717) is 28.9 Å². The van der Waals surface area contributed by atoms with Crippen molar-refractivity contribution in [3.63, 3.8) is 0 Å². The third-order valence-corrected chi connectivity index (χ3v) is 6.83. The number of halogens is 2. The number of benzene rings is 1. The normalized spacial score (nSPS) is 12.4. The van der Waals surface area contributed by atoms with Crippen molar-refractivity contribution in [3.05, 3.63) is 57.6 Å². The Bertz CT molecular complexity index is 1100. The monoisotopic (exact) mass is 474 g/mol. The van der Waals surface area contributed by atoms with Crippen LogP contribution in [0, 0.1) is 6.92 Å². The fourth-order valence-electron chi connectivity index (χ4n) is 2.93. The maximum atomic E-state index is 14.1. The number of hydrogen-bond acceptors (Lipinski definition) is 5. The van der Waals surface area contributed by atoms with Crippen LogP contribution in [-0.4, -0.2) is 59.4 Å². The van der Waals surface area contributed by atoms with Crippen LogP contribution in [0.3, 0.4) is 0 Å². The van der Waals surface area contributed by atoms with Gasteiger partial charge in [0, 0.05) is 32.6 Å². The van der Waals surface area contributed by atoms with Gasteiger partial charge in [0.25, 0.3) is 0 Å². The van der Waals surface area contributed by atoms with E-state index in [2.05, 4.69) is 5.10 Å². The number of rotatable bonds is 9. The number of nitrogens with one attached hydrogen (secondary N) is 1. The van der Waals surface area contributed by atoms with Crippen LogP contribution >= 0.6 is 11.6 Å². The minimum atomic E-state index is -3.69. The Labute approximate surface area is 184 Å². The van der Waals surface area contributed by atoms with Crippen LogP contribution in [0.25, 0.3) is 0 Å². The molecular formula is C19H24ClFN4O5S. The number of carboxylic acid groups (broad SMARTS) is 1. The fraction of sp³-hybridized carbons (Fsp3) is 0.368. The van der Waals surface area contributed by atoms with Gasteiger partial charge in [-0.1, -0.05) is 17.7 Å². The Kier molecular flexibility index (Phi) is 8.18. The average Bonchev–Trinajstić information content (AvgIpc) is 2.95. The van der Waals surface area contributed by atoms with Crippen molar-refractivity contribution in [2.45, 2.75) is 31.4 Å². The molecule has 2 rings (SSSR count). The van der Waals surface area contributed by atoms with Crippen LogP contribution < -0.4 is 5.32 Å². The van der Waals surface area contributed by atoms with Gasteiger partial charge in [-0.3, -0.25) is 4.68 Å². The van der Waals surface area contributed by atoms with E-state index < -0.39 is 28.6 Å². The molecule has 0 bridgehead atoms. The van der Waals surface area contributed by atoms with Crippen molar-refractivity contribution in [1.29, 1.82) is 0 Å². The fourth-order valence-corrected chi connectivity index (χ4v) is 4.36. The summed E-state index contributed by atoms with van der Waals surface area (Å²) in [5, 5.41) is 24.7. The topological polar surface area (TPSA) is 125 Å². The van der Waals surface area contributed by atoms with Gasteiger partial charge < -0.3 is 15.5 Å². The molecule has 3 N–H and O–H groups in total. The zero-order valence-electron chi connectivity index (χ0n) is 17.3. The van der Waals surface area contributed by atoms with Gasteiger partial charge in [0.1, 0.15) is 10.7 Å². The van der Waals surface area contributed by atoms with Gasteiger partial charge in [-0.25, -0.2) is 21.9 Å². The van der Waals surface area contributed by atoms with Crippen molar-refractivity contribution in [2.75, 3.05) is 20.6 Å². The molecule has 0 fully saturated rings. The predicted molar refractivity (Wildman–Crippen MR) is 113 cm³/mol. The largest absolute Gasteiger partial charge is 0.465 e. The molecule has 1 aromatic heterocycles. The van der Waals surface area contributed by atoms with Gasteiger partial charge in [0.2, 0.25) is 10.0 Å². The summed E-state index contributed by atoms with van der Waals surface area (Å²) in [6, 6.07) is 4.58. The highest BCUT2D eigenvalue weighted by molar-refractivity contribution is 7.89. The quantitative estimate of drug-likeness (QED) is 0.512. The van der Waals surface area contributed by atoms with E-state index in [1.165, 1.54) is 30.9 Å². The summed E-state index contributed by atoms with van der Waals surface area (Å²) in [6.07, 6.45) is 0.117. The Morgan fingerprint density at radius 3 is 2.61 bits per heavy atom. The molecule has 31 heavy (non-hydrogen) atoms. The highest BCUT2D eigenvalue weighted by atomic mass is 35.5. The number of hydrogen-bond donors (Lipinski definition) is 3. The summed E-state index contributed by atoms with van der Waals surface area (Å²) in [5.41, 5.74) is 2.33. The van der Waals surface area contributed by atoms with Crippen LogP contribution in [0.15, 0.2) is 35.0 Å². The maximum Gasteiger partial charge on any atom is 0.404 e. The van der Waals surface area contributed by atoms with Gasteiger partial charge in [-0.05, 0) is 30.7 Å². The molecule has 0 spiro atoms. The van der Waals surface area contributed by atoms with Crippen molar-refractivity contribution in [1.82, 2.24) is 19.4 Å².